The monoisotopic (exact) mass is 357 g/mol. The number of hydrogen-bond acceptors (Lipinski definition) is 6. The predicted octanol–water partition coefficient (Wildman–Crippen LogP) is 3.31. The van der Waals surface area contributed by atoms with Crippen LogP contribution in [0.1, 0.15) is 43.0 Å². The van der Waals surface area contributed by atoms with E-state index in [1.807, 2.05) is 36.4 Å². The molecule has 138 valence electrons. The van der Waals surface area contributed by atoms with E-state index in [2.05, 4.69) is 12.2 Å². The van der Waals surface area contributed by atoms with Gasteiger partial charge < -0.3 is 29.4 Å². The van der Waals surface area contributed by atoms with Gasteiger partial charge in [0.25, 0.3) is 0 Å². The highest BCUT2D eigenvalue weighted by Crippen LogP contribution is 2.40. The Morgan fingerprint density at radius 3 is 2.12 bits per heavy atom. The molecule has 2 aliphatic rings. The minimum Gasteiger partial charge on any atom is -0.454 e. The van der Waals surface area contributed by atoms with Gasteiger partial charge in [-0.1, -0.05) is 25.5 Å². The van der Waals surface area contributed by atoms with Crippen LogP contribution in [0.3, 0.4) is 0 Å². The van der Waals surface area contributed by atoms with Gasteiger partial charge >= 0.3 is 0 Å². The van der Waals surface area contributed by atoms with Gasteiger partial charge in [0, 0.05) is 0 Å². The zero-order valence-electron chi connectivity index (χ0n) is 14.7. The molecular formula is C20H23NO5. The maximum absolute atomic E-state index is 11.1. The molecule has 0 saturated heterocycles. The lowest BCUT2D eigenvalue weighted by atomic mass is 9.95. The summed E-state index contributed by atoms with van der Waals surface area (Å²) in [4.78, 5) is 0. The number of aliphatic hydroxyl groups excluding tert-OH is 1. The fraction of sp³-hybridized carbons (Fsp3) is 0.400. The summed E-state index contributed by atoms with van der Waals surface area (Å²) in [6, 6.07) is 11.1. The quantitative estimate of drug-likeness (QED) is 0.741. The van der Waals surface area contributed by atoms with Crippen molar-refractivity contribution in [1.29, 1.82) is 0 Å². The third kappa shape index (κ3) is 3.30. The average molecular weight is 357 g/mol. The Balaban J connectivity index is 1.61. The fourth-order valence-electron chi connectivity index (χ4n) is 3.24. The highest BCUT2D eigenvalue weighted by atomic mass is 16.7. The van der Waals surface area contributed by atoms with Crippen molar-refractivity contribution in [1.82, 2.24) is 5.32 Å². The molecule has 0 spiro atoms. The first-order valence-corrected chi connectivity index (χ1v) is 8.97. The second-order valence-corrected chi connectivity index (χ2v) is 6.46. The maximum atomic E-state index is 11.1. The number of unbranched alkanes of at least 4 members (excludes halogenated alkanes) is 1. The molecule has 2 aromatic carbocycles. The van der Waals surface area contributed by atoms with Gasteiger partial charge in [-0.05, 0) is 48.4 Å². The lowest BCUT2D eigenvalue weighted by Gasteiger charge is -2.25. The van der Waals surface area contributed by atoms with Crippen LogP contribution in [-0.4, -0.2) is 25.2 Å². The number of hydrogen-bond donors (Lipinski definition) is 2. The van der Waals surface area contributed by atoms with Crippen molar-refractivity contribution >= 4 is 0 Å². The van der Waals surface area contributed by atoms with Gasteiger partial charge in [0.2, 0.25) is 13.6 Å². The van der Waals surface area contributed by atoms with Crippen LogP contribution >= 0.6 is 0 Å². The van der Waals surface area contributed by atoms with E-state index in [4.69, 9.17) is 18.9 Å². The van der Waals surface area contributed by atoms with Crippen molar-refractivity contribution in [2.75, 3.05) is 20.1 Å². The molecule has 2 atom stereocenters. The first-order valence-electron chi connectivity index (χ1n) is 8.97. The molecule has 2 N–H and O–H groups in total. The molecular weight excluding hydrogens is 334 g/mol. The summed E-state index contributed by atoms with van der Waals surface area (Å²) in [5, 5.41) is 14.6. The second-order valence-electron chi connectivity index (χ2n) is 6.46. The van der Waals surface area contributed by atoms with Crippen LogP contribution in [0, 0.1) is 0 Å². The van der Waals surface area contributed by atoms with Gasteiger partial charge in [0.05, 0.1) is 12.1 Å². The Morgan fingerprint density at radius 1 is 0.885 bits per heavy atom. The number of aliphatic hydroxyl groups is 1. The van der Waals surface area contributed by atoms with E-state index in [1.165, 1.54) is 0 Å². The molecule has 2 heterocycles. The molecule has 0 radical (unpaired) electrons. The van der Waals surface area contributed by atoms with Crippen LogP contribution in [0.25, 0.3) is 0 Å². The standard InChI is InChI=1S/C20H23NO5/c1-2-3-8-21-19(13-4-6-15-17(9-13)25-11-23-15)20(22)14-5-7-16-18(10-14)26-12-24-16/h4-7,9-10,19-22H,2-3,8,11-12H2,1H3. The molecule has 0 bridgehead atoms. The van der Waals surface area contributed by atoms with Gasteiger partial charge in [-0.25, -0.2) is 0 Å². The third-order valence-corrected chi connectivity index (χ3v) is 4.70. The number of fused-ring (bicyclic) bond motifs is 2. The number of benzene rings is 2. The molecule has 0 aliphatic carbocycles. The van der Waals surface area contributed by atoms with Gasteiger partial charge in [0.15, 0.2) is 23.0 Å². The summed E-state index contributed by atoms with van der Waals surface area (Å²) in [5.41, 5.74) is 1.73. The first-order chi connectivity index (χ1) is 12.8. The lowest BCUT2D eigenvalue weighted by molar-refractivity contribution is 0.128. The first kappa shape index (κ1) is 17.0. The summed E-state index contributed by atoms with van der Waals surface area (Å²) in [6.07, 6.45) is 1.39. The van der Waals surface area contributed by atoms with E-state index in [0.29, 0.717) is 17.2 Å². The summed E-state index contributed by atoms with van der Waals surface area (Å²) in [7, 11) is 0. The normalized spacial score (nSPS) is 16.5. The summed E-state index contributed by atoms with van der Waals surface area (Å²) in [6.45, 7) is 3.41. The van der Waals surface area contributed by atoms with E-state index >= 15 is 0 Å². The molecule has 0 saturated carbocycles. The van der Waals surface area contributed by atoms with Crippen LogP contribution in [0.5, 0.6) is 23.0 Å². The minimum atomic E-state index is -0.735. The van der Waals surface area contributed by atoms with Gasteiger partial charge in [0.1, 0.15) is 0 Å². The van der Waals surface area contributed by atoms with Crippen molar-refractivity contribution in [2.45, 2.75) is 31.9 Å². The largest absolute Gasteiger partial charge is 0.454 e. The van der Waals surface area contributed by atoms with Crippen molar-refractivity contribution < 1.29 is 24.1 Å². The van der Waals surface area contributed by atoms with E-state index in [0.717, 1.165) is 36.3 Å². The molecule has 0 aromatic heterocycles. The Morgan fingerprint density at radius 2 is 1.46 bits per heavy atom. The number of nitrogens with one attached hydrogen (secondary N) is 1. The molecule has 4 rings (SSSR count). The molecule has 26 heavy (non-hydrogen) atoms. The van der Waals surface area contributed by atoms with Crippen molar-refractivity contribution in [3.63, 3.8) is 0 Å². The van der Waals surface area contributed by atoms with E-state index in [9.17, 15) is 5.11 Å². The molecule has 0 fully saturated rings. The predicted molar refractivity (Wildman–Crippen MR) is 95.7 cm³/mol. The van der Waals surface area contributed by atoms with Gasteiger partial charge in [-0.3, -0.25) is 0 Å². The van der Waals surface area contributed by atoms with Gasteiger partial charge in [-0.15, -0.1) is 0 Å². The molecule has 6 nitrogen and oxygen atoms in total. The Bertz CT molecular complexity index is 779. The molecule has 2 aromatic rings. The highest BCUT2D eigenvalue weighted by Gasteiger charge is 2.26. The average Bonchev–Trinajstić information content (AvgIpc) is 3.32. The second kappa shape index (κ2) is 7.43. The van der Waals surface area contributed by atoms with Crippen molar-refractivity contribution in [2.24, 2.45) is 0 Å². The summed E-state index contributed by atoms with van der Waals surface area (Å²) < 4.78 is 21.7. The molecule has 6 heteroatoms. The maximum Gasteiger partial charge on any atom is 0.231 e. The SMILES string of the molecule is CCCCNC(c1ccc2c(c1)OCO2)C(O)c1ccc2c(c1)OCO2. The van der Waals surface area contributed by atoms with Crippen LogP contribution < -0.4 is 24.3 Å². The van der Waals surface area contributed by atoms with E-state index < -0.39 is 6.10 Å². The van der Waals surface area contributed by atoms with Crippen LogP contribution in [0.15, 0.2) is 36.4 Å². The third-order valence-electron chi connectivity index (χ3n) is 4.70. The van der Waals surface area contributed by atoms with Crippen LogP contribution in [-0.2, 0) is 0 Å². The Hall–Kier alpha value is -2.44. The molecule has 0 amide bonds. The number of ether oxygens (including phenoxy) is 4. The topological polar surface area (TPSA) is 69.2 Å². The molecule has 2 aliphatic heterocycles. The fourth-order valence-corrected chi connectivity index (χ4v) is 3.24. The Labute approximate surface area is 152 Å². The minimum absolute atomic E-state index is 0.217. The zero-order chi connectivity index (χ0) is 17.9. The summed E-state index contributed by atoms with van der Waals surface area (Å²) >= 11 is 0. The zero-order valence-corrected chi connectivity index (χ0v) is 14.7. The van der Waals surface area contributed by atoms with Gasteiger partial charge in [-0.2, -0.15) is 0 Å². The smallest absolute Gasteiger partial charge is 0.231 e. The lowest BCUT2D eigenvalue weighted by Crippen LogP contribution is -2.28. The van der Waals surface area contributed by atoms with E-state index in [1.54, 1.807) is 0 Å². The number of rotatable bonds is 7. The Kier molecular flexibility index (Phi) is 4.86. The van der Waals surface area contributed by atoms with Crippen molar-refractivity contribution in [3.8, 4) is 23.0 Å². The van der Waals surface area contributed by atoms with E-state index in [-0.39, 0.29) is 19.6 Å². The van der Waals surface area contributed by atoms with Crippen LogP contribution in [0.4, 0.5) is 0 Å². The summed E-state index contributed by atoms with van der Waals surface area (Å²) in [5.74, 6) is 2.82. The van der Waals surface area contributed by atoms with Crippen molar-refractivity contribution in [3.05, 3.63) is 47.5 Å². The highest BCUT2D eigenvalue weighted by molar-refractivity contribution is 5.48. The van der Waals surface area contributed by atoms with Crippen LogP contribution in [0.2, 0.25) is 0 Å². The molecule has 2 unspecified atom stereocenters.